The average molecular weight is 241 g/mol. The molecular weight excluding hydrogens is 210 g/mol. The summed E-state index contributed by atoms with van der Waals surface area (Å²) in [6.07, 6.45) is 9.01. The van der Waals surface area contributed by atoms with E-state index in [9.17, 15) is 4.79 Å². The van der Waals surface area contributed by atoms with Crippen LogP contribution >= 0.6 is 0 Å². The molecule has 0 spiro atoms. The van der Waals surface area contributed by atoms with Gasteiger partial charge < -0.3 is 5.32 Å². The van der Waals surface area contributed by atoms with Crippen molar-refractivity contribution in [3.05, 3.63) is 0 Å². The predicted octanol–water partition coefficient (Wildman–Crippen LogP) is 4.08. The topological polar surface area (TPSA) is 29.1 Å². The third-order valence-corrected chi connectivity index (χ3v) is 2.87. The number of rotatable bonds is 10. The average Bonchev–Trinajstić information content (AvgIpc) is 2.21. The molecule has 0 aliphatic heterocycles. The Morgan fingerprint density at radius 3 is 2.12 bits per heavy atom. The normalized spacial score (nSPS) is 11.8. The minimum atomic E-state index is 0.125. The van der Waals surface area contributed by atoms with E-state index in [-0.39, 0.29) is 5.54 Å². The molecular formula is C15H31NO. The van der Waals surface area contributed by atoms with Gasteiger partial charge in [-0.3, -0.25) is 4.79 Å². The maximum atomic E-state index is 11.6. The minimum absolute atomic E-state index is 0.125. The van der Waals surface area contributed by atoms with E-state index in [1.165, 1.54) is 32.1 Å². The molecule has 0 heterocycles. The third kappa shape index (κ3) is 13.6. The molecule has 0 aromatic rings. The van der Waals surface area contributed by atoms with E-state index in [0.29, 0.717) is 12.2 Å². The summed E-state index contributed by atoms with van der Waals surface area (Å²) in [4.78, 5) is 11.6. The highest BCUT2D eigenvalue weighted by molar-refractivity contribution is 5.78. The molecule has 0 saturated carbocycles. The molecule has 2 nitrogen and oxygen atoms in total. The minimum Gasteiger partial charge on any atom is -0.312 e. The van der Waals surface area contributed by atoms with E-state index in [0.717, 1.165) is 19.4 Å². The molecule has 0 aliphatic carbocycles. The van der Waals surface area contributed by atoms with Gasteiger partial charge in [0.2, 0.25) is 0 Å². The van der Waals surface area contributed by atoms with E-state index in [4.69, 9.17) is 0 Å². The summed E-state index contributed by atoms with van der Waals surface area (Å²) in [5.74, 6) is 0.414. The summed E-state index contributed by atoms with van der Waals surface area (Å²) in [5, 5.41) is 3.35. The van der Waals surface area contributed by atoms with Gasteiger partial charge in [-0.2, -0.15) is 0 Å². The van der Waals surface area contributed by atoms with Crippen molar-refractivity contribution < 1.29 is 4.79 Å². The summed E-state index contributed by atoms with van der Waals surface area (Å²) in [7, 11) is 0. The second-order valence-electron chi connectivity index (χ2n) is 5.98. The van der Waals surface area contributed by atoms with Crippen LogP contribution in [0.4, 0.5) is 0 Å². The standard InChI is InChI=1S/C15H31NO/c1-5-6-7-8-9-10-11-14(17)12-13-16-15(2,3)4/h16H,5-13H2,1-4H3. The van der Waals surface area contributed by atoms with Gasteiger partial charge in [-0.25, -0.2) is 0 Å². The van der Waals surface area contributed by atoms with Crippen LogP contribution in [0.25, 0.3) is 0 Å². The van der Waals surface area contributed by atoms with Crippen LogP contribution in [-0.4, -0.2) is 17.9 Å². The van der Waals surface area contributed by atoms with E-state index in [1.54, 1.807) is 0 Å². The zero-order chi connectivity index (χ0) is 13.1. The second kappa shape index (κ2) is 9.64. The van der Waals surface area contributed by atoms with Crippen LogP contribution in [0, 0.1) is 0 Å². The number of ketones is 1. The van der Waals surface area contributed by atoms with Crippen LogP contribution in [0.15, 0.2) is 0 Å². The van der Waals surface area contributed by atoms with Gasteiger partial charge in [-0.05, 0) is 27.2 Å². The largest absolute Gasteiger partial charge is 0.312 e. The monoisotopic (exact) mass is 241 g/mol. The van der Waals surface area contributed by atoms with Crippen molar-refractivity contribution in [2.75, 3.05) is 6.54 Å². The Hall–Kier alpha value is -0.370. The lowest BCUT2D eigenvalue weighted by molar-refractivity contribution is -0.119. The number of nitrogens with one attached hydrogen (secondary N) is 1. The van der Waals surface area contributed by atoms with E-state index >= 15 is 0 Å². The van der Waals surface area contributed by atoms with Gasteiger partial charge in [0.15, 0.2) is 0 Å². The third-order valence-electron chi connectivity index (χ3n) is 2.87. The molecule has 0 fully saturated rings. The van der Waals surface area contributed by atoms with Crippen molar-refractivity contribution >= 4 is 5.78 Å². The lowest BCUT2D eigenvalue weighted by Crippen LogP contribution is -2.37. The molecule has 0 saturated heterocycles. The number of Topliss-reactive ketones (excluding diaryl/α,β-unsaturated/α-hetero) is 1. The van der Waals surface area contributed by atoms with Crippen LogP contribution in [0.5, 0.6) is 0 Å². The van der Waals surface area contributed by atoms with Crippen molar-refractivity contribution in [3.63, 3.8) is 0 Å². The quantitative estimate of drug-likeness (QED) is 0.584. The van der Waals surface area contributed by atoms with Gasteiger partial charge in [0.25, 0.3) is 0 Å². The molecule has 0 aromatic carbocycles. The fourth-order valence-electron chi connectivity index (χ4n) is 1.80. The molecule has 0 aliphatic rings. The van der Waals surface area contributed by atoms with E-state index in [1.807, 2.05) is 0 Å². The predicted molar refractivity (Wildman–Crippen MR) is 75.4 cm³/mol. The summed E-state index contributed by atoms with van der Waals surface area (Å²) in [6.45, 7) is 9.44. The Balaban J connectivity index is 3.29. The number of carbonyl (C=O) groups excluding carboxylic acids is 1. The first-order valence-corrected chi connectivity index (χ1v) is 7.22. The zero-order valence-electron chi connectivity index (χ0n) is 12.3. The molecule has 0 atom stereocenters. The van der Waals surface area contributed by atoms with Crippen molar-refractivity contribution in [1.82, 2.24) is 5.32 Å². The molecule has 0 radical (unpaired) electrons. The molecule has 0 bridgehead atoms. The molecule has 0 unspecified atom stereocenters. The van der Waals surface area contributed by atoms with Crippen LogP contribution in [-0.2, 0) is 4.79 Å². The molecule has 0 amide bonds. The summed E-state index contributed by atoms with van der Waals surface area (Å²) in [6, 6.07) is 0. The van der Waals surface area contributed by atoms with Crippen molar-refractivity contribution in [2.45, 2.75) is 84.6 Å². The van der Waals surface area contributed by atoms with Crippen LogP contribution in [0.2, 0.25) is 0 Å². The van der Waals surface area contributed by atoms with Gasteiger partial charge in [0.1, 0.15) is 5.78 Å². The fraction of sp³-hybridized carbons (Fsp3) is 0.933. The summed E-state index contributed by atoms with van der Waals surface area (Å²) < 4.78 is 0. The van der Waals surface area contributed by atoms with Gasteiger partial charge >= 0.3 is 0 Å². The van der Waals surface area contributed by atoms with Crippen molar-refractivity contribution in [3.8, 4) is 0 Å². The first-order valence-electron chi connectivity index (χ1n) is 7.22. The van der Waals surface area contributed by atoms with Crippen LogP contribution in [0.1, 0.15) is 79.1 Å². The fourth-order valence-corrected chi connectivity index (χ4v) is 1.80. The van der Waals surface area contributed by atoms with Gasteiger partial charge in [0.05, 0.1) is 0 Å². The molecule has 0 aromatic heterocycles. The summed E-state index contributed by atoms with van der Waals surface area (Å²) >= 11 is 0. The smallest absolute Gasteiger partial charge is 0.134 e. The van der Waals surface area contributed by atoms with E-state index < -0.39 is 0 Å². The number of unbranched alkanes of at least 4 members (excludes halogenated alkanes) is 5. The Bertz CT molecular complexity index is 194. The van der Waals surface area contributed by atoms with Gasteiger partial charge in [0, 0.05) is 24.9 Å². The number of hydrogen-bond donors (Lipinski definition) is 1. The number of hydrogen-bond acceptors (Lipinski definition) is 2. The SMILES string of the molecule is CCCCCCCCC(=O)CCNC(C)(C)C. The summed E-state index contributed by atoms with van der Waals surface area (Å²) in [5.41, 5.74) is 0.125. The zero-order valence-corrected chi connectivity index (χ0v) is 12.3. The van der Waals surface area contributed by atoms with Gasteiger partial charge in [-0.1, -0.05) is 39.0 Å². The molecule has 2 heteroatoms. The Labute approximate surface area is 108 Å². The first-order chi connectivity index (χ1) is 7.95. The van der Waals surface area contributed by atoms with Crippen molar-refractivity contribution in [2.24, 2.45) is 0 Å². The first kappa shape index (κ1) is 16.6. The maximum Gasteiger partial charge on any atom is 0.134 e. The highest BCUT2D eigenvalue weighted by Crippen LogP contribution is 2.08. The van der Waals surface area contributed by atoms with Crippen LogP contribution < -0.4 is 5.32 Å². The molecule has 17 heavy (non-hydrogen) atoms. The highest BCUT2D eigenvalue weighted by Gasteiger charge is 2.09. The van der Waals surface area contributed by atoms with E-state index in [2.05, 4.69) is 33.0 Å². The molecule has 102 valence electrons. The van der Waals surface area contributed by atoms with Gasteiger partial charge in [-0.15, -0.1) is 0 Å². The Morgan fingerprint density at radius 2 is 1.53 bits per heavy atom. The number of carbonyl (C=O) groups is 1. The van der Waals surface area contributed by atoms with Crippen LogP contribution in [0.3, 0.4) is 0 Å². The second-order valence-corrected chi connectivity index (χ2v) is 5.98. The van der Waals surface area contributed by atoms with Crippen molar-refractivity contribution in [1.29, 1.82) is 0 Å². The highest BCUT2D eigenvalue weighted by atomic mass is 16.1. The molecule has 1 N–H and O–H groups in total. The lowest BCUT2D eigenvalue weighted by Gasteiger charge is -2.20. The Kier molecular flexibility index (Phi) is 9.43. The molecule has 0 rings (SSSR count). The lowest BCUT2D eigenvalue weighted by atomic mass is 10.1. The maximum absolute atomic E-state index is 11.6. The Morgan fingerprint density at radius 1 is 0.941 bits per heavy atom.